The molecule has 19 heavy (non-hydrogen) atoms. The first-order valence-electron chi connectivity index (χ1n) is 7.25. The van der Waals surface area contributed by atoms with Crippen LogP contribution in [-0.2, 0) is 6.54 Å². The number of hydrogen-bond donors (Lipinski definition) is 0. The fourth-order valence-electron chi connectivity index (χ4n) is 2.57. The highest BCUT2D eigenvalue weighted by atomic mass is 16.5. The maximum Gasteiger partial charge on any atom is 0.161 e. The van der Waals surface area contributed by atoms with Gasteiger partial charge in [-0.25, -0.2) is 0 Å². The fourth-order valence-corrected chi connectivity index (χ4v) is 2.57. The van der Waals surface area contributed by atoms with Crippen molar-refractivity contribution in [3.05, 3.63) is 23.8 Å². The maximum absolute atomic E-state index is 5.63. The van der Waals surface area contributed by atoms with Gasteiger partial charge in [0.25, 0.3) is 0 Å². The van der Waals surface area contributed by atoms with Gasteiger partial charge in [0.1, 0.15) is 0 Å². The molecule has 0 radical (unpaired) electrons. The number of hydrogen-bond acceptors (Lipinski definition) is 3. The Balaban J connectivity index is 2.02. The largest absolute Gasteiger partial charge is 0.493 e. The van der Waals surface area contributed by atoms with Crippen LogP contribution in [0.1, 0.15) is 32.3 Å². The Morgan fingerprint density at radius 3 is 2.58 bits per heavy atom. The summed E-state index contributed by atoms with van der Waals surface area (Å²) >= 11 is 0. The van der Waals surface area contributed by atoms with Crippen molar-refractivity contribution < 1.29 is 9.47 Å². The van der Waals surface area contributed by atoms with E-state index in [4.69, 9.17) is 9.47 Å². The molecule has 1 fully saturated rings. The molecule has 0 aliphatic carbocycles. The zero-order chi connectivity index (χ0) is 13.7. The average Bonchev–Trinajstić information content (AvgIpc) is 2.42. The summed E-state index contributed by atoms with van der Waals surface area (Å²) in [5.41, 5.74) is 1.30. The minimum Gasteiger partial charge on any atom is -0.493 e. The van der Waals surface area contributed by atoms with Crippen LogP contribution in [0.25, 0.3) is 0 Å². The number of piperidine rings is 1. The van der Waals surface area contributed by atoms with E-state index in [0.717, 1.165) is 24.0 Å². The predicted molar refractivity (Wildman–Crippen MR) is 77.8 cm³/mol. The highest BCUT2D eigenvalue weighted by Crippen LogP contribution is 2.29. The van der Waals surface area contributed by atoms with Crippen molar-refractivity contribution in [1.82, 2.24) is 4.90 Å². The normalized spacial score (nSPS) is 17.4. The fraction of sp³-hybridized carbons (Fsp3) is 0.625. The van der Waals surface area contributed by atoms with Crippen molar-refractivity contribution in [2.45, 2.75) is 33.2 Å². The summed E-state index contributed by atoms with van der Waals surface area (Å²) in [6, 6.07) is 6.26. The molecule has 1 aliphatic rings. The molecule has 1 heterocycles. The number of rotatable bonds is 5. The molecule has 1 saturated heterocycles. The summed E-state index contributed by atoms with van der Waals surface area (Å²) in [5.74, 6) is 2.55. The van der Waals surface area contributed by atoms with E-state index in [1.165, 1.54) is 31.5 Å². The smallest absolute Gasteiger partial charge is 0.161 e. The molecule has 0 unspecified atom stereocenters. The lowest BCUT2D eigenvalue weighted by atomic mass is 9.99. The van der Waals surface area contributed by atoms with Gasteiger partial charge in [-0.2, -0.15) is 0 Å². The van der Waals surface area contributed by atoms with Crippen LogP contribution >= 0.6 is 0 Å². The summed E-state index contributed by atoms with van der Waals surface area (Å²) in [6.45, 7) is 8.43. The summed E-state index contributed by atoms with van der Waals surface area (Å²) < 4.78 is 10.9. The first-order valence-corrected chi connectivity index (χ1v) is 7.25. The van der Waals surface area contributed by atoms with Gasteiger partial charge in [-0.1, -0.05) is 13.0 Å². The lowest BCUT2D eigenvalue weighted by Crippen LogP contribution is -2.32. The van der Waals surface area contributed by atoms with E-state index in [0.29, 0.717) is 6.61 Å². The molecule has 0 aromatic heterocycles. The molecule has 0 spiro atoms. The SMILES string of the molecule is CCOc1cc(CN2CCC(C)CC2)ccc1OC. The van der Waals surface area contributed by atoms with Gasteiger partial charge in [-0.3, -0.25) is 4.90 Å². The number of benzene rings is 1. The molecule has 0 bridgehead atoms. The molecule has 106 valence electrons. The van der Waals surface area contributed by atoms with E-state index in [9.17, 15) is 0 Å². The van der Waals surface area contributed by atoms with Crippen molar-refractivity contribution in [3.63, 3.8) is 0 Å². The van der Waals surface area contributed by atoms with Gasteiger partial charge in [0, 0.05) is 6.54 Å². The maximum atomic E-state index is 5.63. The summed E-state index contributed by atoms with van der Waals surface area (Å²) in [4.78, 5) is 2.53. The molecule has 1 aromatic carbocycles. The zero-order valence-electron chi connectivity index (χ0n) is 12.3. The van der Waals surface area contributed by atoms with Crippen LogP contribution in [0.3, 0.4) is 0 Å². The second-order valence-electron chi connectivity index (χ2n) is 5.38. The average molecular weight is 263 g/mol. The highest BCUT2D eigenvalue weighted by Gasteiger charge is 2.16. The Labute approximate surface area is 116 Å². The molecule has 0 atom stereocenters. The summed E-state index contributed by atoms with van der Waals surface area (Å²) in [6.07, 6.45) is 2.63. The van der Waals surface area contributed by atoms with Gasteiger partial charge in [-0.15, -0.1) is 0 Å². The molecule has 2 rings (SSSR count). The second-order valence-corrected chi connectivity index (χ2v) is 5.38. The molecule has 1 aliphatic heterocycles. The van der Waals surface area contributed by atoms with Crippen LogP contribution in [0.5, 0.6) is 11.5 Å². The quantitative estimate of drug-likeness (QED) is 0.813. The first-order chi connectivity index (χ1) is 9.22. The summed E-state index contributed by atoms with van der Waals surface area (Å²) in [7, 11) is 1.68. The molecular weight excluding hydrogens is 238 g/mol. The topological polar surface area (TPSA) is 21.7 Å². The minimum atomic E-state index is 0.668. The standard InChI is InChI=1S/C16H25NO2/c1-4-19-16-11-14(5-6-15(16)18-3)12-17-9-7-13(2)8-10-17/h5-6,11,13H,4,7-10,12H2,1-3H3. The van der Waals surface area contributed by atoms with E-state index in [-0.39, 0.29) is 0 Å². The monoisotopic (exact) mass is 263 g/mol. The van der Waals surface area contributed by atoms with Crippen molar-refractivity contribution in [2.24, 2.45) is 5.92 Å². The molecule has 0 amide bonds. The van der Waals surface area contributed by atoms with Gasteiger partial charge >= 0.3 is 0 Å². The number of nitrogens with zero attached hydrogens (tertiary/aromatic N) is 1. The van der Waals surface area contributed by atoms with Crippen molar-refractivity contribution in [2.75, 3.05) is 26.8 Å². The molecular formula is C16H25NO2. The van der Waals surface area contributed by atoms with Gasteiger partial charge < -0.3 is 9.47 Å². The van der Waals surface area contributed by atoms with Gasteiger partial charge in [0.15, 0.2) is 11.5 Å². The minimum absolute atomic E-state index is 0.668. The molecule has 3 heteroatoms. The van der Waals surface area contributed by atoms with Crippen LogP contribution < -0.4 is 9.47 Å². The predicted octanol–water partition coefficient (Wildman–Crippen LogP) is 3.33. The lowest BCUT2D eigenvalue weighted by molar-refractivity contribution is 0.185. The Morgan fingerprint density at radius 1 is 1.21 bits per heavy atom. The van der Waals surface area contributed by atoms with Crippen LogP contribution in [0, 0.1) is 5.92 Å². The zero-order valence-corrected chi connectivity index (χ0v) is 12.3. The lowest BCUT2D eigenvalue weighted by Gasteiger charge is -2.30. The molecule has 1 aromatic rings. The van der Waals surface area contributed by atoms with Gasteiger partial charge in [-0.05, 0) is 56.5 Å². The van der Waals surface area contributed by atoms with Crippen molar-refractivity contribution in [1.29, 1.82) is 0 Å². The van der Waals surface area contributed by atoms with E-state index in [1.54, 1.807) is 7.11 Å². The van der Waals surface area contributed by atoms with Crippen molar-refractivity contribution >= 4 is 0 Å². The number of likely N-dealkylation sites (tertiary alicyclic amines) is 1. The third-order valence-electron chi connectivity index (χ3n) is 3.81. The second kappa shape index (κ2) is 6.80. The Kier molecular flexibility index (Phi) is 5.08. The van der Waals surface area contributed by atoms with Crippen LogP contribution in [-0.4, -0.2) is 31.7 Å². The Morgan fingerprint density at radius 2 is 1.95 bits per heavy atom. The third-order valence-corrected chi connectivity index (χ3v) is 3.81. The van der Waals surface area contributed by atoms with Gasteiger partial charge in [0.2, 0.25) is 0 Å². The third kappa shape index (κ3) is 3.87. The van der Waals surface area contributed by atoms with E-state index >= 15 is 0 Å². The number of methoxy groups -OCH3 is 1. The number of ether oxygens (including phenoxy) is 2. The highest BCUT2D eigenvalue weighted by molar-refractivity contribution is 5.42. The van der Waals surface area contributed by atoms with Crippen molar-refractivity contribution in [3.8, 4) is 11.5 Å². The molecule has 0 N–H and O–H groups in total. The van der Waals surface area contributed by atoms with Gasteiger partial charge in [0.05, 0.1) is 13.7 Å². The van der Waals surface area contributed by atoms with Crippen LogP contribution in [0.4, 0.5) is 0 Å². The van der Waals surface area contributed by atoms with E-state index < -0.39 is 0 Å². The summed E-state index contributed by atoms with van der Waals surface area (Å²) in [5, 5.41) is 0. The molecule has 0 saturated carbocycles. The molecule has 3 nitrogen and oxygen atoms in total. The van der Waals surface area contributed by atoms with Crippen LogP contribution in [0.2, 0.25) is 0 Å². The Hall–Kier alpha value is -1.22. The Bertz CT molecular complexity index is 398. The van der Waals surface area contributed by atoms with Crippen LogP contribution in [0.15, 0.2) is 18.2 Å². The van der Waals surface area contributed by atoms with E-state index in [1.807, 2.05) is 13.0 Å². The van der Waals surface area contributed by atoms with E-state index in [2.05, 4.69) is 24.0 Å². The first kappa shape index (κ1) is 14.2.